The normalized spacial score (nSPS) is 23.3. The SMILES string of the molecule is CN1CC=CCC1c1cccnc1. The van der Waals surface area contributed by atoms with Crippen LogP contribution in [0.5, 0.6) is 0 Å². The monoisotopic (exact) mass is 174 g/mol. The molecule has 0 amide bonds. The Morgan fingerprint density at radius 1 is 1.46 bits per heavy atom. The highest BCUT2D eigenvalue weighted by Gasteiger charge is 2.16. The Balaban J connectivity index is 2.21. The molecule has 68 valence electrons. The van der Waals surface area contributed by atoms with Crippen LogP contribution < -0.4 is 0 Å². The van der Waals surface area contributed by atoms with Crippen molar-refractivity contribution < 1.29 is 0 Å². The van der Waals surface area contributed by atoms with Gasteiger partial charge < -0.3 is 0 Å². The molecule has 1 unspecified atom stereocenters. The molecule has 0 spiro atoms. The highest BCUT2D eigenvalue weighted by Crippen LogP contribution is 2.24. The largest absolute Gasteiger partial charge is 0.295 e. The molecule has 0 aromatic carbocycles. The fourth-order valence-electron chi connectivity index (χ4n) is 1.74. The van der Waals surface area contributed by atoms with Gasteiger partial charge in [0.25, 0.3) is 0 Å². The molecular formula is C11H14N2. The van der Waals surface area contributed by atoms with Crippen LogP contribution in [0.3, 0.4) is 0 Å². The lowest BCUT2D eigenvalue weighted by atomic mass is 10.0. The van der Waals surface area contributed by atoms with Crippen molar-refractivity contribution in [2.24, 2.45) is 0 Å². The molecule has 13 heavy (non-hydrogen) atoms. The van der Waals surface area contributed by atoms with E-state index >= 15 is 0 Å². The minimum absolute atomic E-state index is 0.513. The molecule has 0 saturated heterocycles. The number of hydrogen-bond acceptors (Lipinski definition) is 2. The van der Waals surface area contributed by atoms with Gasteiger partial charge in [-0.05, 0) is 25.1 Å². The van der Waals surface area contributed by atoms with E-state index in [0.717, 1.165) is 13.0 Å². The Morgan fingerprint density at radius 2 is 2.38 bits per heavy atom. The first-order valence-corrected chi connectivity index (χ1v) is 4.63. The van der Waals surface area contributed by atoms with E-state index in [9.17, 15) is 0 Å². The van der Waals surface area contributed by atoms with Crippen LogP contribution in [0.2, 0.25) is 0 Å². The van der Waals surface area contributed by atoms with E-state index in [1.165, 1.54) is 5.56 Å². The molecule has 2 nitrogen and oxygen atoms in total. The maximum atomic E-state index is 4.14. The zero-order chi connectivity index (χ0) is 9.10. The second-order valence-electron chi connectivity index (χ2n) is 3.45. The summed E-state index contributed by atoms with van der Waals surface area (Å²) in [5.41, 5.74) is 1.31. The van der Waals surface area contributed by atoms with Gasteiger partial charge in [0.2, 0.25) is 0 Å². The number of hydrogen-bond donors (Lipinski definition) is 0. The van der Waals surface area contributed by atoms with Crippen molar-refractivity contribution in [1.29, 1.82) is 0 Å². The van der Waals surface area contributed by atoms with Crippen LogP contribution in [0, 0.1) is 0 Å². The molecule has 0 bridgehead atoms. The van der Waals surface area contributed by atoms with Gasteiger partial charge in [0.15, 0.2) is 0 Å². The highest BCUT2D eigenvalue weighted by atomic mass is 15.1. The number of likely N-dealkylation sites (N-methyl/N-ethyl adjacent to an activating group) is 1. The van der Waals surface area contributed by atoms with Crippen molar-refractivity contribution in [2.45, 2.75) is 12.5 Å². The van der Waals surface area contributed by atoms with Gasteiger partial charge in [-0.3, -0.25) is 9.88 Å². The molecule has 0 aliphatic carbocycles. The van der Waals surface area contributed by atoms with Gasteiger partial charge in [-0.15, -0.1) is 0 Å². The molecule has 1 aromatic heterocycles. The van der Waals surface area contributed by atoms with Crippen LogP contribution in [-0.4, -0.2) is 23.5 Å². The molecule has 1 atom stereocenters. The van der Waals surface area contributed by atoms with Gasteiger partial charge in [0, 0.05) is 25.0 Å². The second kappa shape index (κ2) is 3.71. The number of pyridine rings is 1. The van der Waals surface area contributed by atoms with E-state index in [0.29, 0.717) is 6.04 Å². The molecule has 1 aliphatic rings. The van der Waals surface area contributed by atoms with Crippen molar-refractivity contribution >= 4 is 0 Å². The fraction of sp³-hybridized carbons (Fsp3) is 0.364. The van der Waals surface area contributed by atoms with Crippen LogP contribution in [0.1, 0.15) is 18.0 Å². The van der Waals surface area contributed by atoms with Crippen molar-refractivity contribution in [2.75, 3.05) is 13.6 Å². The first kappa shape index (κ1) is 8.45. The molecule has 0 radical (unpaired) electrons. The maximum absolute atomic E-state index is 4.14. The quantitative estimate of drug-likeness (QED) is 0.605. The summed E-state index contributed by atoms with van der Waals surface area (Å²) < 4.78 is 0. The average Bonchev–Trinajstić information content (AvgIpc) is 2.20. The molecule has 2 rings (SSSR count). The summed E-state index contributed by atoms with van der Waals surface area (Å²) in [7, 11) is 2.15. The molecule has 2 heterocycles. The van der Waals surface area contributed by atoms with E-state index in [1.54, 1.807) is 0 Å². The van der Waals surface area contributed by atoms with Crippen molar-refractivity contribution in [3.05, 3.63) is 42.2 Å². The van der Waals surface area contributed by atoms with Gasteiger partial charge in [0.1, 0.15) is 0 Å². The third-order valence-electron chi connectivity index (χ3n) is 2.52. The van der Waals surface area contributed by atoms with E-state index in [4.69, 9.17) is 0 Å². The summed E-state index contributed by atoms with van der Waals surface area (Å²) in [6.07, 6.45) is 9.34. The molecule has 0 fully saturated rings. The van der Waals surface area contributed by atoms with Crippen molar-refractivity contribution in [1.82, 2.24) is 9.88 Å². The molecule has 1 aromatic rings. The summed E-state index contributed by atoms with van der Waals surface area (Å²) >= 11 is 0. The first-order valence-electron chi connectivity index (χ1n) is 4.63. The molecule has 0 N–H and O–H groups in total. The van der Waals surface area contributed by atoms with Crippen molar-refractivity contribution in [3.63, 3.8) is 0 Å². The predicted octanol–water partition coefficient (Wildman–Crippen LogP) is 2.01. The Kier molecular flexibility index (Phi) is 2.41. The van der Waals surface area contributed by atoms with E-state index in [2.05, 4.69) is 35.1 Å². The van der Waals surface area contributed by atoms with E-state index < -0.39 is 0 Å². The van der Waals surface area contributed by atoms with Crippen molar-refractivity contribution in [3.8, 4) is 0 Å². The minimum Gasteiger partial charge on any atom is -0.295 e. The summed E-state index contributed by atoms with van der Waals surface area (Å²) in [5.74, 6) is 0. The zero-order valence-corrected chi connectivity index (χ0v) is 7.85. The van der Waals surface area contributed by atoms with Gasteiger partial charge in [-0.1, -0.05) is 18.2 Å². The summed E-state index contributed by atoms with van der Waals surface area (Å²) in [5, 5.41) is 0. The van der Waals surface area contributed by atoms with Gasteiger partial charge >= 0.3 is 0 Å². The smallest absolute Gasteiger partial charge is 0.0398 e. The number of aromatic nitrogens is 1. The second-order valence-corrected chi connectivity index (χ2v) is 3.45. The van der Waals surface area contributed by atoms with Crippen LogP contribution >= 0.6 is 0 Å². The Bertz CT molecular complexity index is 292. The molecular weight excluding hydrogens is 160 g/mol. The molecule has 0 saturated carbocycles. The average molecular weight is 174 g/mol. The first-order chi connectivity index (χ1) is 6.38. The van der Waals surface area contributed by atoms with Gasteiger partial charge in [-0.2, -0.15) is 0 Å². The van der Waals surface area contributed by atoms with Gasteiger partial charge in [-0.25, -0.2) is 0 Å². The van der Waals surface area contributed by atoms with Crippen LogP contribution in [-0.2, 0) is 0 Å². The molecule has 2 heteroatoms. The highest BCUT2D eigenvalue weighted by molar-refractivity contribution is 5.17. The number of nitrogens with zero attached hydrogens (tertiary/aromatic N) is 2. The standard InChI is InChI=1S/C11H14N2/c1-13-8-3-2-6-11(13)10-5-4-7-12-9-10/h2-5,7,9,11H,6,8H2,1H3. The zero-order valence-electron chi connectivity index (χ0n) is 7.85. The summed E-state index contributed by atoms with van der Waals surface area (Å²) in [6, 6.07) is 4.66. The lowest BCUT2D eigenvalue weighted by Gasteiger charge is -2.29. The van der Waals surface area contributed by atoms with Crippen LogP contribution in [0.4, 0.5) is 0 Å². The third kappa shape index (κ3) is 1.78. The number of rotatable bonds is 1. The third-order valence-corrected chi connectivity index (χ3v) is 2.52. The van der Waals surface area contributed by atoms with Crippen LogP contribution in [0.25, 0.3) is 0 Å². The lowest BCUT2D eigenvalue weighted by molar-refractivity contribution is 0.260. The van der Waals surface area contributed by atoms with Crippen LogP contribution in [0.15, 0.2) is 36.7 Å². The fourth-order valence-corrected chi connectivity index (χ4v) is 1.74. The maximum Gasteiger partial charge on any atom is 0.0398 e. The Labute approximate surface area is 78.9 Å². The van der Waals surface area contributed by atoms with Gasteiger partial charge in [0.05, 0.1) is 0 Å². The summed E-state index contributed by atoms with van der Waals surface area (Å²) in [6.45, 7) is 1.04. The predicted molar refractivity (Wildman–Crippen MR) is 53.4 cm³/mol. The topological polar surface area (TPSA) is 16.1 Å². The Hall–Kier alpha value is -1.15. The Morgan fingerprint density at radius 3 is 3.08 bits per heavy atom. The molecule has 1 aliphatic heterocycles. The summed E-state index contributed by atoms with van der Waals surface area (Å²) in [4.78, 5) is 6.49. The minimum atomic E-state index is 0.513. The van der Waals surface area contributed by atoms with E-state index in [1.807, 2.05) is 18.5 Å². The lowest BCUT2D eigenvalue weighted by Crippen LogP contribution is -2.26. The van der Waals surface area contributed by atoms with E-state index in [-0.39, 0.29) is 0 Å².